The van der Waals surface area contributed by atoms with Gasteiger partial charge in [-0.25, -0.2) is 0 Å². The largest absolute Gasteiger partial charge is 0.339 e. The molecule has 3 heterocycles. The Morgan fingerprint density at radius 1 is 0.960 bits per heavy atom. The molecule has 4 rings (SSSR count). The van der Waals surface area contributed by atoms with Gasteiger partial charge in [0.05, 0.1) is 12.6 Å². The van der Waals surface area contributed by atoms with E-state index >= 15 is 0 Å². The molecule has 0 amide bonds. The summed E-state index contributed by atoms with van der Waals surface area (Å²) in [6, 6.07) is 0.167. The molecule has 0 radical (unpaired) electrons. The van der Waals surface area contributed by atoms with E-state index in [1.165, 1.54) is 12.8 Å². The van der Waals surface area contributed by atoms with E-state index < -0.39 is 0 Å². The molecule has 0 spiro atoms. The molecule has 1 saturated heterocycles. The maximum atomic E-state index is 5.48. The Hall–Kier alpha value is -1.80. The van der Waals surface area contributed by atoms with Gasteiger partial charge in [0.2, 0.25) is 11.8 Å². The van der Waals surface area contributed by atoms with Crippen molar-refractivity contribution >= 4 is 0 Å². The molecule has 2 aromatic heterocycles. The first kappa shape index (κ1) is 16.7. The van der Waals surface area contributed by atoms with Crippen molar-refractivity contribution in [3.8, 4) is 0 Å². The fraction of sp³-hybridized carbons (Fsp3) is 0.765. The van der Waals surface area contributed by atoms with Crippen molar-refractivity contribution in [2.45, 2.75) is 58.0 Å². The van der Waals surface area contributed by atoms with Gasteiger partial charge in [0.15, 0.2) is 11.6 Å². The van der Waals surface area contributed by atoms with Gasteiger partial charge >= 0.3 is 0 Å². The molecule has 1 saturated carbocycles. The van der Waals surface area contributed by atoms with Crippen molar-refractivity contribution in [3.63, 3.8) is 0 Å². The highest BCUT2D eigenvalue weighted by Gasteiger charge is 2.31. The first-order valence-corrected chi connectivity index (χ1v) is 9.22. The molecule has 1 atom stereocenters. The van der Waals surface area contributed by atoms with Crippen LogP contribution < -0.4 is 0 Å². The fourth-order valence-corrected chi connectivity index (χ4v) is 3.16. The zero-order valence-corrected chi connectivity index (χ0v) is 15.2. The molecular formula is C17H26N6O2. The van der Waals surface area contributed by atoms with Crippen LogP contribution in [0, 0.1) is 0 Å². The Kier molecular flexibility index (Phi) is 4.56. The zero-order valence-electron chi connectivity index (χ0n) is 15.2. The van der Waals surface area contributed by atoms with Crippen LogP contribution in [0.1, 0.15) is 74.9 Å². The lowest BCUT2D eigenvalue weighted by Crippen LogP contribution is -2.46. The van der Waals surface area contributed by atoms with E-state index in [0.29, 0.717) is 11.8 Å². The SMILES string of the molecule is CC(C)c1nc(CN2CCN([C@H](C)c3nc(C4CC4)no3)CC2)no1. The summed E-state index contributed by atoms with van der Waals surface area (Å²) in [5, 5.41) is 8.21. The molecule has 1 aliphatic heterocycles. The van der Waals surface area contributed by atoms with Crippen LogP contribution in [0.5, 0.6) is 0 Å². The van der Waals surface area contributed by atoms with E-state index in [4.69, 9.17) is 9.05 Å². The van der Waals surface area contributed by atoms with Crippen molar-refractivity contribution in [1.29, 1.82) is 0 Å². The van der Waals surface area contributed by atoms with Gasteiger partial charge < -0.3 is 9.05 Å². The van der Waals surface area contributed by atoms with Crippen LogP contribution in [-0.2, 0) is 6.54 Å². The summed E-state index contributed by atoms with van der Waals surface area (Å²) in [6.45, 7) is 10.9. The van der Waals surface area contributed by atoms with E-state index in [0.717, 1.165) is 50.3 Å². The lowest BCUT2D eigenvalue weighted by Gasteiger charge is -2.36. The van der Waals surface area contributed by atoms with Crippen molar-refractivity contribution in [2.75, 3.05) is 26.2 Å². The van der Waals surface area contributed by atoms with Crippen LogP contribution >= 0.6 is 0 Å². The average Bonchev–Trinajstić information content (AvgIpc) is 3.16. The molecule has 0 aromatic carbocycles. The minimum atomic E-state index is 0.167. The van der Waals surface area contributed by atoms with Crippen LogP contribution in [0.15, 0.2) is 9.05 Å². The minimum absolute atomic E-state index is 0.167. The molecule has 25 heavy (non-hydrogen) atoms. The van der Waals surface area contributed by atoms with E-state index in [1.54, 1.807) is 0 Å². The predicted molar refractivity (Wildman–Crippen MR) is 89.9 cm³/mol. The van der Waals surface area contributed by atoms with Crippen LogP contribution in [0.25, 0.3) is 0 Å². The van der Waals surface area contributed by atoms with Crippen LogP contribution in [0.3, 0.4) is 0 Å². The third kappa shape index (κ3) is 3.74. The molecule has 136 valence electrons. The Bertz CT molecular complexity index is 700. The highest BCUT2D eigenvalue weighted by molar-refractivity contribution is 5.05. The standard InChI is InChI=1S/C17H26N6O2/c1-11(2)16-18-14(20-24-16)10-22-6-8-23(9-7-22)12(3)17-19-15(21-25-17)13-4-5-13/h11-13H,4-10H2,1-3H3/t12-/m1/s1. The van der Waals surface area contributed by atoms with Crippen LogP contribution in [0.4, 0.5) is 0 Å². The Labute approximate surface area is 147 Å². The number of nitrogens with zero attached hydrogens (tertiary/aromatic N) is 6. The molecule has 0 bridgehead atoms. The molecular weight excluding hydrogens is 320 g/mol. The first-order valence-electron chi connectivity index (χ1n) is 9.22. The zero-order chi connectivity index (χ0) is 17.4. The lowest BCUT2D eigenvalue weighted by atomic mass is 10.2. The van der Waals surface area contributed by atoms with E-state index in [1.807, 2.05) is 0 Å². The Balaban J connectivity index is 1.29. The maximum Gasteiger partial charge on any atom is 0.243 e. The van der Waals surface area contributed by atoms with Crippen molar-refractivity contribution in [2.24, 2.45) is 0 Å². The van der Waals surface area contributed by atoms with Gasteiger partial charge in [-0.1, -0.05) is 24.2 Å². The normalized spacial score (nSPS) is 21.1. The molecule has 8 nitrogen and oxygen atoms in total. The topological polar surface area (TPSA) is 84.3 Å². The van der Waals surface area contributed by atoms with E-state index in [9.17, 15) is 0 Å². The molecule has 2 aromatic rings. The van der Waals surface area contributed by atoms with Crippen molar-refractivity contribution < 1.29 is 9.05 Å². The predicted octanol–water partition coefficient (Wildman–Crippen LogP) is 2.33. The molecule has 0 unspecified atom stereocenters. The Morgan fingerprint density at radius 2 is 1.68 bits per heavy atom. The van der Waals surface area contributed by atoms with E-state index in [2.05, 4.69) is 50.9 Å². The highest BCUT2D eigenvalue weighted by atomic mass is 16.5. The first-order chi connectivity index (χ1) is 12.1. The van der Waals surface area contributed by atoms with Crippen molar-refractivity contribution in [3.05, 3.63) is 23.4 Å². The summed E-state index contributed by atoms with van der Waals surface area (Å²) >= 11 is 0. The molecule has 2 fully saturated rings. The lowest BCUT2D eigenvalue weighted by molar-refractivity contribution is 0.0827. The summed E-state index contributed by atoms with van der Waals surface area (Å²) in [5.41, 5.74) is 0. The third-order valence-corrected chi connectivity index (χ3v) is 5.05. The summed E-state index contributed by atoms with van der Waals surface area (Å²) in [7, 11) is 0. The van der Waals surface area contributed by atoms with Gasteiger partial charge in [0.1, 0.15) is 0 Å². The van der Waals surface area contributed by atoms with Crippen molar-refractivity contribution in [1.82, 2.24) is 30.1 Å². The number of hydrogen-bond donors (Lipinski definition) is 0. The van der Waals surface area contributed by atoms with Gasteiger partial charge in [0.25, 0.3) is 0 Å². The monoisotopic (exact) mass is 346 g/mol. The van der Waals surface area contributed by atoms with Crippen LogP contribution in [0.2, 0.25) is 0 Å². The third-order valence-electron chi connectivity index (χ3n) is 5.05. The maximum absolute atomic E-state index is 5.48. The minimum Gasteiger partial charge on any atom is -0.339 e. The van der Waals surface area contributed by atoms with Gasteiger partial charge in [0, 0.05) is 38.0 Å². The summed E-state index contributed by atoms with van der Waals surface area (Å²) < 4.78 is 10.8. The van der Waals surface area contributed by atoms with Gasteiger partial charge in [-0.15, -0.1) is 0 Å². The number of rotatable bonds is 6. The summed E-state index contributed by atoms with van der Waals surface area (Å²) in [6.07, 6.45) is 2.39. The summed E-state index contributed by atoms with van der Waals surface area (Å²) in [5.74, 6) is 3.93. The van der Waals surface area contributed by atoms with Gasteiger partial charge in [-0.05, 0) is 19.8 Å². The van der Waals surface area contributed by atoms with Gasteiger partial charge in [-0.2, -0.15) is 9.97 Å². The molecule has 0 N–H and O–H groups in total. The Morgan fingerprint density at radius 3 is 2.32 bits per heavy atom. The van der Waals surface area contributed by atoms with Gasteiger partial charge in [-0.3, -0.25) is 9.80 Å². The second-order valence-corrected chi connectivity index (χ2v) is 7.46. The summed E-state index contributed by atoms with van der Waals surface area (Å²) in [4.78, 5) is 13.8. The molecule has 1 aliphatic carbocycles. The number of hydrogen-bond acceptors (Lipinski definition) is 8. The van der Waals surface area contributed by atoms with Crippen LogP contribution in [-0.4, -0.2) is 56.3 Å². The molecule has 8 heteroatoms. The quantitative estimate of drug-likeness (QED) is 0.788. The second kappa shape index (κ2) is 6.84. The van der Waals surface area contributed by atoms with E-state index in [-0.39, 0.29) is 12.0 Å². The second-order valence-electron chi connectivity index (χ2n) is 7.46. The fourth-order valence-electron chi connectivity index (χ4n) is 3.16. The highest BCUT2D eigenvalue weighted by Crippen LogP contribution is 2.38. The number of aromatic nitrogens is 4. The number of piperazine rings is 1. The molecule has 2 aliphatic rings. The average molecular weight is 346 g/mol. The smallest absolute Gasteiger partial charge is 0.243 e.